The van der Waals surface area contributed by atoms with Crippen LogP contribution in [-0.4, -0.2) is 60.9 Å². The zero-order valence-electron chi connectivity index (χ0n) is 15.5. The van der Waals surface area contributed by atoms with E-state index in [1.54, 1.807) is 14.0 Å². The Balaban J connectivity index is 1.60. The number of hydrogen-bond donors (Lipinski definition) is 2. The first-order chi connectivity index (χ1) is 12.7. The van der Waals surface area contributed by atoms with Crippen LogP contribution in [0.1, 0.15) is 27.5 Å². The fourth-order valence-electron chi connectivity index (χ4n) is 2.92. The van der Waals surface area contributed by atoms with Gasteiger partial charge in [0.15, 0.2) is 11.8 Å². The summed E-state index contributed by atoms with van der Waals surface area (Å²) in [5.41, 5.74) is 0. The molecule has 9 heteroatoms. The van der Waals surface area contributed by atoms with Crippen LogP contribution in [0.15, 0.2) is 21.6 Å². The molecule has 1 aliphatic rings. The van der Waals surface area contributed by atoms with Crippen molar-refractivity contribution in [3.05, 3.63) is 33.6 Å². The van der Waals surface area contributed by atoms with Gasteiger partial charge in [0.25, 0.3) is 0 Å². The zero-order chi connectivity index (χ0) is 18.4. The van der Waals surface area contributed by atoms with E-state index >= 15 is 0 Å². The van der Waals surface area contributed by atoms with E-state index in [0.29, 0.717) is 24.3 Å². The number of hydrogen-bond acceptors (Lipinski definition) is 7. The van der Waals surface area contributed by atoms with Crippen LogP contribution in [-0.2, 0) is 11.3 Å². The number of aliphatic imine (C=N–C) groups is 1. The third-order valence-corrected chi connectivity index (χ3v) is 5.35. The van der Waals surface area contributed by atoms with Crippen LogP contribution in [0, 0.1) is 13.8 Å². The molecular weight excluding hydrogens is 352 g/mol. The first-order valence-electron chi connectivity index (χ1n) is 8.77. The molecule has 0 radical (unpaired) electrons. The van der Waals surface area contributed by atoms with Gasteiger partial charge in [0.05, 0.1) is 25.8 Å². The van der Waals surface area contributed by atoms with Crippen molar-refractivity contribution in [2.75, 3.05) is 39.9 Å². The summed E-state index contributed by atoms with van der Waals surface area (Å²) in [7, 11) is 1.76. The van der Waals surface area contributed by atoms with Crippen LogP contribution in [0.2, 0.25) is 0 Å². The molecule has 2 aromatic heterocycles. The van der Waals surface area contributed by atoms with Gasteiger partial charge in [-0.25, -0.2) is 0 Å². The highest BCUT2D eigenvalue weighted by atomic mass is 32.1. The number of aromatic nitrogens is 2. The van der Waals surface area contributed by atoms with Crippen molar-refractivity contribution in [1.29, 1.82) is 0 Å². The number of ether oxygens (including phenoxy) is 1. The summed E-state index contributed by atoms with van der Waals surface area (Å²) < 4.78 is 10.5. The molecule has 2 N–H and O–H groups in total. The third kappa shape index (κ3) is 5.03. The van der Waals surface area contributed by atoms with E-state index in [1.165, 1.54) is 9.75 Å². The van der Waals surface area contributed by atoms with Gasteiger partial charge in [0.2, 0.25) is 5.89 Å². The molecule has 8 nitrogen and oxygen atoms in total. The molecule has 2 aromatic rings. The molecule has 1 fully saturated rings. The summed E-state index contributed by atoms with van der Waals surface area (Å²) in [5, 5.41) is 10.5. The Bertz CT molecular complexity index is 722. The molecule has 0 saturated carbocycles. The van der Waals surface area contributed by atoms with Crippen molar-refractivity contribution in [1.82, 2.24) is 25.7 Å². The standard InChI is InChI=1S/C17H26N6O2S/c1-12-4-5-15(26-12)14(23-6-8-24-9-7-23)10-19-17(18-3)20-11-16-21-13(2)25-22-16/h4-5,14H,6-11H2,1-3H3,(H2,18,19,20). The third-order valence-electron chi connectivity index (χ3n) is 4.25. The van der Waals surface area contributed by atoms with Crippen molar-refractivity contribution in [3.63, 3.8) is 0 Å². The largest absolute Gasteiger partial charge is 0.379 e. The molecule has 1 atom stereocenters. The minimum absolute atomic E-state index is 0.295. The molecule has 142 valence electrons. The molecule has 1 saturated heterocycles. The first kappa shape index (κ1) is 18.8. The maximum absolute atomic E-state index is 5.51. The molecule has 0 amide bonds. The average molecular weight is 379 g/mol. The molecular formula is C17H26N6O2S. The number of thiophene rings is 1. The SMILES string of the molecule is CN=C(NCc1noc(C)n1)NCC(c1ccc(C)s1)N1CCOCC1. The average Bonchev–Trinajstić information content (AvgIpc) is 3.27. The van der Waals surface area contributed by atoms with Crippen molar-refractivity contribution in [2.24, 2.45) is 4.99 Å². The maximum Gasteiger partial charge on any atom is 0.223 e. The van der Waals surface area contributed by atoms with Gasteiger partial charge in [-0.1, -0.05) is 5.16 Å². The van der Waals surface area contributed by atoms with Gasteiger partial charge >= 0.3 is 0 Å². The summed E-state index contributed by atoms with van der Waals surface area (Å²) in [5.74, 6) is 1.90. The quantitative estimate of drug-likeness (QED) is 0.581. The normalized spacial score (nSPS) is 17.3. The van der Waals surface area contributed by atoms with Crippen LogP contribution in [0.25, 0.3) is 0 Å². The minimum atomic E-state index is 0.295. The molecule has 1 aliphatic heterocycles. The van der Waals surface area contributed by atoms with Gasteiger partial charge in [0, 0.05) is 43.4 Å². The number of morpholine rings is 1. The highest BCUT2D eigenvalue weighted by Gasteiger charge is 2.24. The Hall–Kier alpha value is -1.97. The number of aryl methyl sites for hydroxylation is 2. The van der Waals surface area contributed by atoms with E-state index in [9.17, 15) is 0 Å². The lowest BCUT2D eigenvalue weighted by atomic mass is 10.2. The van der Waals surface area contributed by atoms with Crippen LogP contribution in [0.4, 0.5) is 0 Å². The summed E-state index contributed by atoms with van der Waals surface area (Å²) in [4.78, 5) is 13.6. The van der Waals surface area contributed by atoms with Crippen LogP contribution < -0.4 is 10.6 Å². The van der Waals surface area contributed by atoms with Crippen molar-refractivity contribution < 1.29 is 9.26 Å². The Labute approximate surface area is 157 Å². The molecule has 26 heavy (non-hydrogen) atoms. The second-order valence-corrected chi connectivity index (χ2v) is 7.47. The van der Waals surface area contributed by atoms with E-state index in [0.717, 1.165) is 38.8 Å². The molecule has 0 aliphatic carbocycles. The predicted octanol–water partition coefficient (Wildman–Crippen LogP) is 1.49. The van der Waals surface area contributed by atoms with Crippen molar-refractivity contribution in [3.8, 4) is 0 Å². The highest BCUT2D eigenvalue weighted by molar-refractivity contribution is 7.12. The summed E-state index contributed by atoms with van der Waals surface area (Å²) in [6.07, 6.45) is 0. The number of rotatable bonds is 6. The summed E-state index contributed by atoms with van der Waals surface area (Å²) >= 11 is 1.85. The predicted molar refractivity (Wildman–Crippen MR) is 101 cm³/mol. The topological polar surface area (TPSA) is 87.8 Å². The maximum atomic E-state index is 5.51. The first-order valence-corrected chi connectivity index (χ1v) is 9.59. The second kappa shape index (κ2) is 9.11. The molecule has 0 bridgehead atoms. The van der Waals surface area contributed by atoms with Crippen LogP contribution in [0.5, 0.6) is 0 Å². The molecule has 3 heterocycles. The van der Waals surface area contributed by atoms with Gasteiger partial charge in [-0.15, -0.1) is 11.3 Å². The van der Waals surface area contributed by atoms with E-state index in [-0.39, 0.29) is 0 Å². The molecule has 0 spiro atoms. The summed E-state index contributed by atoms with van der Waals surface area (Å²) in [6, 6.07) is 4.70. The van der Waals surface area contributed by atoms with Crippen LogP contribution in [0.3, 0.4) is 0 Å². The fraction of sp³-hybridized carbons (Fsp3) is 0.588. The van der Waals surface area contributed by atoms with Crippen LogP contribution >= 0.6 is 11.3 Å². The lowest BCUT2D eigenvalue weighted by Gasteiger charge is -2.34. The van der Waals surface area contributed by atoms with Gasteiger partial charge < -0.3 is 19.9 Å². The lowest BCUT2D eigenvalue weighted by molar-refractivity contribution is 0.0177. The smallest absolute Gasteiger partial charge is 0.223 e. The number of nitrogens with one attached hydrogen (secondary N) is 2. The van der Waals surface area contributed by atoms with Gasteiger partial charge in [-0.2, -0.15) is 4.98 Å². The van der Waals surface area contributed by atoms with E-state index in [4.69, 9.17) is 9.26 Å². The molecule has 1 unspecified atom stereocenters. The Kier molecular flexibility index (Phi) is 6.59. The Morgan fingerprint density at radius 2 is 2.12 bits per heavy atom. The van der Waals surface area contributed by atoms with Gasteiger partial charge in [-0.3, -0.25) is 9.89 Å². The second-order valence-electron chi connectivity index (χ2n) is 6.15. The highest BCUT2D eigenvalue weighted by Crippen LogP contribution is 2.27. The monoisotopic (exact) mass is 378 g/mol. The van der Waals surface area contributed by atoms with Gasteiger partial charge in [0.1, 0.15) is 0 Å². The molecule has 3 rings (SSSR count). The zero-order valence-corrected chi connectivity index (χ0v) is 16.3. The van der Waals surface area contributed by atoms with Gasteiger partial charge in [-0.05, 0) is 19.1 Å². The lowest BCUT2D eigenvalue weighted by Crippen LogP contribution is -2.46. The van der Waals surface area contributed by atoms with E-state index in [2.05, 4.69) is 49.7 Å². The van der Waals surface area contributed by atoms with E-state index < -0.39 is 0 Å². The summed E-state index contributed by atoms with van der Waals surface area (Å²) in [6.45, 7) is 8.61. The Morgan fingerprint density at radius 3 is 2.73 bits per heavy atom. The fourth-order valence-corrected chi connectivity index (χ4v) is 3.93. The number of guanidine groups is 1. The number of nitrogens with zero attached hydrogens (tertiary/aromatic N) is 4. The molecule has 0 aromatic carbocycles. The minimum Gasteiger partial charge on any atom is -0.379 e. The van der Waals surface area contributed by atoms with Crippen molar-refractivity contribution in [2.45, 2.75) is 26.4 Å². The van der Waals surface area contributed by atoms with Crippen molar-refractivity contribution >= 4 is 17.3 Å². The van der Waals surface area contributed by atoms with E-state index in [1.807, 2.05) is 11.3 Å². The Morgan fingerprint density at radius 1 is 1.31 bits per heavy atom.